The van der Waals surface area contributed by atoms with E-state index >= 15 is 0 Å². The second kappa shape index (κ2) is 8.22. The number of aromatic hydroxyl groups is 1. The molecule has 9 heteroatoms. The lowest BCUT2D eigenvalue weighted by Gasteiger charge is -2.33. The van der Waals surface area contributed by atoms with E-state index in [1.54, 1.807) is 6.92 Å². The normalized spacial score (nSPS) is 17.2. The van der Waals surface area contributed by atoms with Crippen LogP contribution in [0.2, 0.25) is 6.32 Å². The zero-order valence-corrected chi connectivity index (χ0v) is 14.1. The Morgan fingerprint density at radius 2 is 2.16 bits per heavy atom. The zero-order chi connectivity index (χ0) is 18.6. The Balaban J connectivity index is 2.21. The minimum absolute atomic E-state index is 0.0109. The van der Waals surface area contributed by atoms with Crippen molar-refractivity contribution in [2.24, 2.45) is 0 Å². The molecule has 1 aliphatic rings. The summed E-state index contributed by atoms with van der Waals surface area (Å²) in [5, 5.41) is 45.3. The highest BCUT2D eigenvalue weighted by Gasteiger charge is 2.26. The molecule has 1 saturated heterocycles. The number of nitrogens with one attached hydrogen (secondary N) is 1. The van der Waals surface area contributed by atoms with Gasteiger partial charge in [0.25, 0.3) is 0 Å². The quantitative estimate of drug-likeness (QED) is 0.293. The van der Waals surface area contributed by atoms with E-state index in [4.69, 9.17) is 20.2 Å². The summed E-state index contributed by atoms with van der Waals surface area (Å²) in [4.78, 5) is 13.4. The second-order valence-electron chi connectivity index (χ2n) is 6.18. The van der Waals surface area contributed by atoms with Crippen LogP contribution in [0.3, 0.4) is 0 Å². The zero-order valence-electron chi connectivity index (χ0n) is 14.1. The van der Waals surface area contributed by atoms with Gasteiger partial charge in [-0.1, -0.05) is 6.07 Å². The van der Waals surface area contributed by atoms with Gasteiger partial charge in [0, 0.05) is 6.54 Å². The van der Waals surface area contributed by atoms with Crippen molar-refractivity contribution in [3.05, 3.63) is 23.3 Å². The number of likely N-dealkylation sites (tertiary alicyclic amines) is 1. The molecule has 1 atom stereocenters. The third-order valence-electron chi connectivity index (χ3n) is 4.26. The van der Waals surface area contributed by atoms with Crippen LogP contribution in [0.5, 0.6) is 11.5 Å². The summed E-state index contributed by atoms with van der Waals surface area (Å²) >= 11 is 0. The second-order valence-corrected chi connectivity index (χ2v) is 6.18. The van der Waals surface area contributed by atoms with E-state index in [0.29, 0.717) is 17.9 Å². The lowest BCUT2D eigenvalue weighted by Crippen LogP contribution is -2.43. The van der Waals surface area contributed by atoms with Gasteiger partial charge in [-0.05, 0) is 44.1 Å². The molecule has 0 spiro atoms. The molecule has 0 aliphatic carbocycles. The summed E-state index contributed by atoms with van der Waals surface area (Å²) in [7, 11) is -1.53. The molecule has 136 valence electrons. The molecule has 0 unspecified atom stereocenters. The number of benzene rings is 1. The van der Waals surface area contributed by atoms with Crippen molar-refractivity contribution in [3.63, 3.8) is 0 Å². The molecule has 0 radical (unpaired) electrons. The van der Waals surface area contributed by atoms with Gasteiger partial charge in [0.1, 0.15) is 23.2 Å². The molecule has 0 saturated carbocycles. The Kier molecular flexibility index (Phi) is 6.27. The van der Waals surface area contributed by atoms with Crippen molar-refractivity contribution < 1.29 is 29.8 Å². The lowest BCUT2D eigenvalue weighted by molar-refractivity contribution is 0.0678. The summed E-state index contributed by atoms with van der Waals surface area (Å²) in [5.74, 6) is -1.21. The fourth-order valence-corrected chi connectivity index (χ4v) is 2.93. The number of amidine groups is 1. The fraction of sp³-hybridized carbons (Fsp3) is 0.500. The molecule has 0 aromatic heterocycles. The molecule has 8 nitrogen and oxygen atoms in total. The van der Waals surface area contributed by atoms with Crippen LogP contribution in [-0.2, 0) is 6.42 Å². The number of hydrogen-bond donors (Lipinski definition) is 5. The molecule has 0 amide bonds. The summed E-state index contributed by atoms with van der Waals surface area (Å²) in [6.45, 7) is 2.96. The van der Waals surface area contributed by atoms with Crippen molar-refractivity contribution in [1.29, 1.82) is 5.41 Å². The van der Waals surface area contributed by atoms with Gasteiger partial charge in [-0.25, -0.2) is 4.79 Å². The van der Waals surface area contributed by atoms with Gasteiger partial charge >= 0.3 is 13.1 Å². The minimum atomic E-state index is -1.53. The molecule has 25 heavy (non-hydrogen) atoms. The molecule has 1 aromatic carbocycles. The molecular weight excluding hydrogens is 327 g/mol. The minimum Gasteiger partial charge on any atom is -0.507 e. The average molecular weight is 350 g/mol. The van der Waals surface area contributed by atoms with E-state index in [-0.39, 0.29) is 30.2 Å². The predicted octanol–water partition coefficient (Wildman–Crippen LogP) is 0.946. The van der Waals surface area contributed by atoms with Gasteiger partial charge < -0.3 is 29.9 Å². The summed E-state index contributed by atoms with van der Waals surface area (Å²) in [6.07, 6.45) is 1.43. The largest absolute Gasteiger partial charge is 0.507 e. The summed E-state index contributed by atoms with van der Waals surface area (Å²) in [6, 6.07) is 3.01. The number of ether oxygens (including phenoxy) is 1. The molecular formula is C16H23BN2O6. The number of carbonyl (C=O) groups is 1. The number of rotatable bonds is 6. The Labute approximate surface area is 146 Å². The number of phenols is 1. The molecule has 2 rings (SSSR count). The molecule has 1 fully saturated rings. The van der Waals surface area contributed by atoms with Gasteiger partial charge in [-0.3, -0.25) is 5.41 Å². The van der Waals surface area contributed by atoms with Crippen LogP contribution in [0.4, 0.5) is 0 Å². The van der Waals surface area contributed by atoms with Gasteiger partial charge in [-0.2, -0.15) is 0 Å². The predicted molar refractivity (Wildman–Crippen MR) is 92.4 cm³/mol. The molecule has 5 N–H and O–H groups in total. The maximum Gasteiger partial charge on any atom is 0.451 e. The fourth-order valence-electron chi connectivity index (χ4n) is 2.93. The van der Waals surface area contributed by atoms with Crippen LogP contribution >= 0.6 is 0 Å². The van der Waals surface area contributed by atoms with E-state index in [1.807, 2.05) is 4.90 Å². The Morgan fingerprint density at radius 3 is 2.76 bits per heavy atom. The van der Waals surface area contributed by atoms with Crippen LogP contribution < -0.4 is 4.74 Å². The van der Waals surface area contributed by atoms with Crippen molar-refractivity contribution in [1.82, 2.24) is 4.90 Å². The van der Waals surface area contributed by atoms with Gasteiger partial charge in [0.15, 0.2) is 0 Å². The van der Waals surface area contributed by atoms with E-state index in [9.17, 15) is 15.0 Å². The first-order valence-corrected chi connectivity index (χ1v) is 8.20. The van der Waals surface area contributed by atoms with E-state index < -0.39 is 18.8 Å². The van der Waals surface area contributed by atoms with Crippen LogP contribution in [0, 0.1) is 5.41 Å². The first-order chi connectivity index (χ1) is 11.8. The van der Waals surface area contributed by atoms with Gasteiger partial charge in [0.05, 0.1) is 12.4 Å². The molecule has 1 heterocycles. The highest BCUT2D eigenvalue weighted by atomic mass is 16.5. The number of carboxylic acid groups (broad SMARTS) is 1. The first-order valence-electron chi connectivity index (χ1n) is 8.20. The van der Waals surface area contributed by atoms with Crippen LogP contribution in [0.1, 0.15) is 35.7 Å². The van der Waals surface area contributed by atoms with E-state index in [2.05, 4.69) is 0 Å². The maximum atomic E-state index is 11.6. The third-order valence-corrected chi connectivity index (χ3v) is 4.26. The van der Waals surface area contributed by atoms with Gasteiger partial charge in [0.2, 0.25) is 0 Å². The van der Waals surface area contributed by atoms with Crippen molar-refractivity contribution >= 4 is 18.9 Å². The standard InChI is InChI=1S/C16H23BN2O6/c1-10(18)19-8-2-3-12(9-19)25-13-5-4-11(6-7-17(23)24)15(20)14(13)16(21)22/h4-5,12,18,20,23-24H,2-3,6-9H2,1H3,(H,21,22)/t12-/m1/s1. The molecule has 1 aliphatic heterocycles. The smallest absolute Gasteiger partial charge is 0.451 e. The Hall–Kier alpha value is -2.26. The molecule has 1 aromatic rings. The number of piperidine rings is 1. The molecule has 0 bridgehead atoms. The van der Waals surface area contributed by atoms with Crippen LogP contribution in [0.15, 0.2) is 12.1 Å². The first kappa shape index (κ1) is 19.1. The van der Waals surface area contributed by atoms with Gasteiger partial charge in [-0.15, -0.1) is 0 Å². The monoisotopic (exact) mass is 350 g/mol. The third kappa shape index (κ3) is 4.86. The van der Waals surface area contributed by atoms with Crippen LogP contribution in [-0.4, -0.2) is 63.3 Å². The summed E-state index contributed by atoms with van der Waals surface area (Å²) in [5.41, 5.74) is -0.00733. The van der Waals surface area contributed by atoms with Crippen LogP contribution in [0.25, 0.3) is 0 Å². The number of aromatic carboxylic acids is 1. The Bertz CT molecular complexity index is 652. The van der Waals surface area contributed by atoms with Crippen molar-refractivity contribution in [2.45, 2.75) is 38.6 Å². The average Bonchev–Trinajstić information content (AvgIpc) is 2.53. The number of aryl methyl sites for hydroxylation is 1. The number of hydrogen-bond acceptors (Lipinski definition) is 6. The highest BCUT2D eigenvalue weighted by molar-refractivity contribution is 6.41. The number of nitrogens with zero attached hydrogens (tertiary/aromatic N) is 1. The maximum absolute atomic E-state index is 11.6. The van der Waals surface area contributed by atoms with E-state index in [0.717, 1.165) is 19.4 Å². The summed E-state index contributed by atoms with van der Waals surface area (Å²) < 4.78 is 5.81. The lowest BCUT2D eigenvalue weighted by atomic mass is 9.82. The highest BCUT2D eigenvalue weighted by Crippen LogP contribution is 2.33. The van der Waals surface area contributed by atoms with E-state index in [1.165, 1.54) is 12.1 Å². The number of carboxylic acids is 1. The van der Waals surface area contributed by atoms with Crippen molar-refractivity contribution in [2.75, 3.05) is 13.1 Å². The SMILES string of the molecule is CC(=N)N1CCC[C@@H](Oc2ccc(CCB(O)O)c(O)c2C(=O)O)C1. The topological polar surface area (TPSA) is 134 Å². The Morgan fingerprint density at radius 1 is 1.44 bits per heavy atom. The van der Waals surface area contributed by atoms with Crippen molar-refractivity contribution in [3.8, 4) is 11.5 Å².